The summed E-state index contributed by atoms with van der Waals surface area (Å²) in [5.41, 5.74) is 0. The van der Waals surface area contributed by atoms with Crippen LogP contribution in [0.15, 0.2) is 4.99 Å². The van der Waals surface area contributed by atoms with Gasteiger partial charge in [0.1, 0.15) is 0 Å². The number of hydrogen-bond acceptors (Lipinski definition) is 3. The Balaban J connectivity index is 2.50. The van der Waals surface area contributed by atoms with Crippen LogP contribution in [-0.2, 0) is 12.7 Å². The van der Waals surface area contributed by atoms with Crippen molar-refractivity contribution in [1.82, 2.24) is 14.8 Å². The second kappa shape index (κ2) is 2.54. The largest absolute Gasteiger partial charge is 0.451 e. The summed E-state index contributed by atoms with van der Waals surface area (Å²) in [6.45, 7) is 0.530. The van der Waals surface area contributed by atoms with E-state index in [9.17, 15) is 13.2 Å². The first-order valence-electron chi connectivity index (χ1n) is 3.59. The Kier molecular flexibility index (Phi) is 1.61. The molecule has 0 saturated heterocycles. The first-order valence-corrected chi connectivity index (χ1v) is 3.59. The lowest BCUT2D eigenvalue weighted by Gasteiger charge is -2.11. The molecule has 2 heterocycles. The third kappa shape index (κ3) is 1.30. The fourth-order valence-corrected chi connectivity index (χ4v) is 1.14. The van der Waals surface area contributed by atoms with E-state index in [1.54, 1.807) is 0 Å². The van der Waals surface area contributed by atoms with Gasteiger partial charge in [0.25, 0.3) is 0 Å². The van der Waals surface area contributed by atoms with Gasteiger partial charge < -0.3 is 4.57 Å². The molecule has 0 radical (unpaired) electrons. The van der Waals surface area contributed by atoms with Crippen molar-refractivity contribution in [3.63, 3.8) is 0 Å². The van der Waals surface area contributed by atoms with Crippen LogP contribution >= 0.6 is 0 Å². The van der Waals surface area contributed by atoms with Crippen molar-refractivity contribution in [3.05, 3.63) is 11.6 Å². The Morgan fingerprint density at radius 1 is 1.31 bits per heavy atom. The molecule has 0 fully saturated rings. The predicted molar refractivity (Wildman–Crippen MR) is 37.5 cm³/mol. The summed E-state index contributed by atoms with van der Waals surface area (Å²) in [5.74, 6) is -0.785. The van der Waals surface area contributed by atoms with Crippen LogP contribution < -0.4 is 0 Å². The molecular weight excluding hydrogens is 185 g/mol. The van der Waals surface area contributed by atoms with Crippen LogP contribution in [0.5, 0.6) is 0 Å². The first kappa shape index (κ1) is 8.21. The summed E-state index contributed by atoms with van der Waals surface area (Å²) in [6, 6.07) is 0. The van der Waals surface area contributed by atoms with Gasteiger partial charge in [-0.25, -0.2) is 0 Å². The minimum atomic E-state index is -4.43. The van der Waals surface area contributed by atoms with Gasteiger partial charge in [-0.05, 0) is 0 Å². The van der Waals surface area contributed by atoms with Crippen molar-refractivity contribution < 1.29 is 13.2 Å². The van der Waals surface area contributed by atoms with E-state index in [0.29, 0.717) is 6.54 Å². The van der Waals surface area contributed by atoms with Crippen LogP contribution in [0.2, 0.25) is 0 Å². The van der Waals surface area contributed by atoms with Gasteiger partial charge in [-0.15, -0.1) is 10.2 Å². The van der Waals surface area contributed by atoms with Gasteiger partial charge in [-0.1, -0.05) is 0 Å². The van der Waals surface area contributed by atoms with Crippen molar-refractivity contribution in [2.75, 3.05) is 6.54 Å². The van der Waals surface area contributed by atoms with E-state index < -0.39 is 12.0 Å². The van der Waals surface area contributed by atoms with Crippen LogP contribution in [0.4, 0.5) is 13.2 Å². The van der Waals surface area contributed by atoms with Gasteiger partial charge in [0.15, 0.2) is 5.82 Å². The normalized spacial score (nSPS) is 15.9. The monoisotopic (exact) mass is 190 g/mol. The maximum absolute atomic E-state index is 12.2. The number of halogens is 3. The molecule has 0 aromatic carbocycles. The van der Waals surface area contributed by atoms with Gasteiger partial charge in [0.05, 0.1) is 12.8 Å². The fourth-order valence-electron chi connectivity index (χ4n) is 1.14. The Labute approximate surface area is 71.1 Å². The molecule has 13 heavy (non-hydrogen) atoms. The molecule has 0 N–H and O–H groups in total. The van der Waals surface area contributed by atoms with Gasteiger partial charge >= 0.3 is 6.18 Å². The molecule has 0 atom stereocenters. The maximum atomic E-state index is 12.2. The zero-order chi connectivity index (χ0) is 9.47. The Hall–Kier alpha value is -1.40. The lowest BCUT2D eigenvalue weighted by atomic mass is 10.4. The third-order valence-corrected chi connectivity index (χ3v) is 1.69. The van der Waals surface area contributed by atoms with Crippen LogP contribution in [0.25, 0.3) is 0 Å². The highest BCUT2D eigenvalue weighted by Gasteiger charge is 2.38. The van der Waals surface area contributed by atoms with E-state index in [-0.39, 0.29) is 12.4 Å². The molecule has 1 aliphatic rings. The summed E-state index contributed by atoms with van der Waals surface area (Å²) in [4.78, 5) is 3.80. The van der Waals surface area contributed by atoms with Gasteiger partial charge in [0, 0.05) is 6.54 Å². The van der Waals surface area contributed by atoms with E-state index >= 15 is 0 Å². The molecule has 0 saturated carbocycles. The number of alkyl halides is 3. The van der Waals surface area contributed by atoms with E-state index in [1.807, 2.05) is 0 Å². The molecule has 0 unspecified atom stereocenters. The van der Waals surface area contributed by atoms with Crippen molar-refractivity contribution in [1.29, 1.82) is 0 Å². The molecule has 1 aromatic rings. The molecule has 0 aliphatic carbocycles. The van der Waals surface area contributed by atoms with Gasteiger partial charge in [-0.2, -0.15) is 13.2 Å². The minimum Gasteiger partial charge on any atom is -0.301 e. The van der Waals surface area contributed by atoms with Gasteiger partial charge in [-0.3, -0.25) is 4.99 Å². The van der Waals surface area contributed by atoms with E-state index in [4.69, 9.17) is 0 Å². The molecule has 1 aromatic heterocycles. The predicted octanol–water partition coefficient (Wildman–Crippen LogP) is 0.729. The number of aliphatic imine (C=N–C) groups is 1. The van der Waals surface area contributed by atoms with E-state index in [0.717, 1.165) is 4.57 Å². The summed E-state index contributed by atoms with van der Waals surface area (Å²) in [7, 11) is 0. The molecule has 7 heteroatoms. The van der Waals surface area contributed by atoms with E-state index in [2.05, 4.69) is 15.2 Å². The van der Waals surface area contributed by atoms with Crippen LogP contribution in [-0.4, -0.2) is 27.5 Å². The zero-order valence-electron chi connectivity index (χ0n) is 6.41. The average molecular weight is 190 g/mol. The summed E-state index contributed by atoms with van der Waals surface area (Å²) in [5, 5.41) is 6.43. The Morgan fingerprint density at radius 2 is 2.08 bits per heavy atom. The van der Waals surface area contributed by atoms with E-state index in [1.165, 1.54) is 6.21 Å². The average Bonchev–Trinajstić information content (AvgIpc) is 2.45. The van der Waals surface area contributed by atoms with Crippen LogP contribution in [0.1, 0.15) is 11.6 Å². The smallest absolute Gasteiger partial charge is 0.301 e. The molecule has 70 valence electrons. The zero-order valence-corrected chi connectivity index (χ0v) is 6.41. The maximum Gasteiger partial charge on any atom is 0.451 e. The molecule has 1 aliphatic heterocycles. The molecule has 2 rings (SSSR count). The number of fused-ring (bicyclic) bond motifs is 1. The molecule has 0 spiro atoms. The molecule has 0 bridgehead atoms. The number of hydrogen-bond donors (Lipinski definition) is 0. The first-order chi connectivity index (χ1) is 6.09. The molecule has 4 nitrogen and oxygen atoms in total. The standard InChI is InChI=1S/C6H5F3N4/c7-6(8,9)5-12-11-4-3-10-1-2-13(4)5/h3H,1-2H2. The van der Waals surface area contributed by atoms with Crippen molar-refractivity contribution >= 4 is 6.21 Å². The van der Waals surface area contributed by atoms with Crippen molar-refractivity contribution in [2.45, 2.75) is 12.7 Å². The lowest BCUT2D eigenvalue weighted by Crippen LogP contribution is -2.19. The summed E-state index contributed by atoms with van der Waals surface area (Å²) < 4.78 is 37.7. The Morgan fingerprint density at radius 3 is 2.77 bits per heavy atom. The lowest BCUT2D eigenvalue weighted by molar-refractivity contribution is -0.147. The molecular formula is C6H5F3N4. The second-order valence-corrected chi connectivity index (χ2v) is 2.57. The quantitative estimate of drug-likeness (QED) is 0.605. The molecule has 0 amide bonds. The Bertz CT molecular complexity index is 351. The minimum absolute atomic E-state index is 0.165. The highest BCUT2D eigenvalue weighted by molar-refractivity contribution is 5.75. The topological polar surface area (TPSA) is 43.1 Å². The second-order valence-electron chi connectivity index (χ2n) is 2.57. The number of aromatic nitrogens is 3. The SMILES string of the molecule is FC(F)(F)c1nnc2n1CCN=C2. The summed E-state index contributed by atoms with van der Waals surface area (Å²) in [6.07, 6.45) is -3.14. The van der Waals surface area contributed by atoms with Crippen LogP contribution in [0.3, 0.4) is 0 Å². The van der Waals surface area contributed by atoms with Crippen molar-refractivity contribution in [3.8, 4) is 0 Å². The van der Waals surface area contributed by atoms with Crippen molar-refractivity contribution in [2.24, 2.45) is 4.99 Å². The van der Waals surface area contributed by atoms with Crippen LogP contribution in [0, 0.1) is 0 Å². The fraction of sp³-hybridized carbons (Fsp3) is 0.500. The number of rotatable bonds is 0. The number of nitrogens with zero attached hydrogens (tertiary/aromatic N) is 4. The van der Waals surface area contributed by atoms with Gasteiger partial charge in [0.2, 0.25) is 5.82 Å². The summed E-state index contributed by atoms with van der Waals surface area (Å²) >= 11 is 0. The third-order valence-electron chi connectivity index (χ3n) is 1.69. The highest BCUT2D eigenvalue weighted by Crippen LogP contribution is 2.28. The highest BCUT2D eigenvalue weighted by atomic mass is 19.4.